The van der Waals surface area contributed by atoms with Gasteiger partial charge in [-0.05, 0) is 24.6 Å². The molecule has 1 unspecified atom stereocenters. The maximum atomic E-state index is 14.5. The summed E-state index contributed by atoms with van der Waals surface area (Å²) in [7, 11) is 0. The number of benzene rings is 2. The number of aliphatic hydroxyl groups excluding tert-OH is 1. The molecule has 1 N–H and O–H groups in total. The molecular formula is C21H19BrFNO3. The highest BCUT2D eigenvalue weighted by molar-refractivity contribution is 9.10. The van der Waals surface area contributed by atoms with Crippen LogP contribution in [0, 0.1) is 5.82 Å². The fourth-order valence-electron chi connectivity index (χ4n) is 3.22. The number of likely N-dealkylation sites (tertiary alicyclic amines) is 1. The molecule has 0 aliphatic carbocycles. The van der Waals surface area contributed by atoms with Crippen LogP contribution < -0.4 is 0 Å². The van der Waals surface area contributed by atoms with Crippen molar-refractivity contribution >= 4 is 33.4 Å². The summed E-state index contributed by atoms with van der Waals surface area (Å²) in [5.74, 6) is -2.32. The van der Waals surface area contributed by atoms with Crippen LogP contribution in [0.25, 0.3) is 5.76 Å². The van der Waals surface area contributed by atoms with Crippen LogP contribution in [-0.4, -0.2) is 28.2 Å². The van der Waals surface area contributed by atoms with Crippen molar-refractivity contribution in [1.82, 2.24) is 4.90 Å². The van der Waals surface area contributed by atoms with E-state index >= 15 is 0 Å². The minimum atomic E-state index is -0.943. The molecule has 6 heteroatoms. The first-order valence-corrected chi connectivity index (χ1v) is 9.53. The summed E-state index contributed by atoms with van der Waals surface area (Å²) in [6.07, 6.45) is 1.50. The fraction of sp³-hybridized carbons (Fsp3) is 0.238. The zero-order valence-electron chi connectivity index (χ0n) is 14.8. The van der Waals surface area contributed by atoms with Crippen LogP contribution in [0.5, 0.6) is 0 Å². The number of carbonyl (C=O) groups excluding carboxylic acids is 2. The molecule has 2 aromatic rings. The lowest BCUT2D eigenvalue weighted by molar-refractivity contribution is -0.139. The average molecular weight is 432 g/mol. The molecule has 1 fully saturated rings. The second-order valence-corrected chi connectivity index (χ2v) is 7.29. The van der Waals surface area contributed by atoms with Crippen molar-refractivity contribution in [2.75, 3.05) is 6.54 Å². The molecule has 0 radical (unpaired) electrons. The highest BCUT2D eigenvalue weighted by atomic mass is 79.9. The number of carbonyl (C=O) groups is 2. The third-order valence-corrected chi connectivity index (χ3v) is 5.14. The number of nitrogens with zero attached hydrogens (tertiary/aromatic N) is 1. The average Bonchev–Trinajstić information content (AvgIpc) is 2.91. The molecule has 1 atom stereocenters. The van der Waals surface area contributed by atoms with Gasteiger partial charge in [0.05, 0.1) is 11.6 Å². The Morgan fingerprint density at radius 1 is 1.15 bits per heavy atom. The summed E-state index contributed by atoms with van der Waals surface area (Å²) >= 11 is 3.32. The Morgan fingerprint density at radius 3 is 2.44 bits per heavy atom. The maximum absolute atomic E-state index is 14.5. The zero-order chi connectivity index (χ0) is 19.6. The predicted octanol–water partition coefficient (Wildman–Crippen LogP) is 4.81. The van der Waals surface area contributed by atoms with E-state index in [4.69, 9.17) is 0 Å². The van der Waals surface area contributed by atoms with Gasteiger partial charge in [-0.15, -0.1) is 0 Å². The number of hydrogen-bond acceptors (Lipinski definition) is 3. The molecule has 4 nitrogen and oxygen atoms in total. The largest absolute Gasteiger partial charge is 0.507 e. The fourth-order valence-corrected chi connectivity index (χ4v) is 3.49. The van der Waals surface area contributed by atoms with Gasteiger partial charge in [0.25, 0.3) is 11.7 Å². The van der Waals surface area contributed by atoms with E-state index in [1.807, 2.05) is 6.92 Å². The Hall–Kier alpha value is -2.47. The van der Waals surface area contributed by atoms with Gasteiger partial charge in [-0.3, -0.25) is 9.59 Å². The lowest BCUT2D eigenvalue weighted by Crippen LogP contribution is -2.31. The van der Waals surface area contributed by atoms with Crippen LogP contribution in [0.15, 0.2) is 58.6 Å². The van der Waals surface area contributed by atoms with Gasteiger partial charge in [0.2, 0.25) is 0 Å². The van der Waals surface area contributed by atoms with E-state index < -0.39 is 23.5 Å². The first kappa shape index (κ1) is 19.3. The van der Waals surface area contributed by atoms with Gasteiger partial charge in [0, 0.05) is 22.1 Å². The van der Waals surface area contributed by atoms with Gasteiger partial charge in [-0.2, -0.15) is 0 Å². The normalized spacial score (nSPS) is 18.9. The van der Waals surface area contributed by atoms with Crippen molar-refractivity contribution in [1.29, 1.82) is 0 Å². The predicted molar refractivity (Wildman–Crippen MR) is 104 cm³/mol. The minimum absolute atomic E-state index is 0.0801. The number of rotatable bonds is 5. The van der Waals surface area contributed by atoms with E-state index in [0.717, 1.165) is 10.9 Å². The number of unbranched alkanes of at least 4 members (excludes halogenated alkanes) is 1. The topological polar surface area (TPSA) is 57.6 Å². The second-order valence-electron chi connectivity index (χ2n) is 6.37. The molecule has 140 valence electrons. The Labute approximate surface area is 165 Å². The van der Waals surface area contributed by atoms with E-state index in [2.05, 4.69) is 15.9 Å². The molecule has 27 heavy (non-hydrogen) atoms. The molecule has 0 aromatic heterocycles. The van der Waals surface area contributed by atoms with Crippen LogP contribution >= 0.6 is 15.9 Å². The molecule has 0 spiro atoms. The van der Waals surface area contributed by atoms with Crippen molar-refractivity contribution < 1.29 is 19.1 Å². The number of amides is 1. The van der Waals surface area contributed by atoms with Crippen LogP contribution in [0.4, 0.5) is 4.39 Å². The summed E-state index contributed by atoms with van der Waals surface area (Å²) < 4.78 is 15.3. The first-order valence-electron chi connectivity index (χ1n) is 8.74. The van der Waals surface area contributed by atoms with Crippen molar-refractivity contribution in [3.8, 4) is 0 Å². The Balaban J connectivity index is 2.18. The van der Waals surface area contributed by atoms with Gasteiger partial charge in [0.15, 0.2) is 0 Å². The number of aliphatic hydroxyl groups is 1. The standard InChI is InChI=1S/C21H19BrFNO3/c1-2-3-12-24-18(15-6-4-5-7-16(15)23)17(20(26)21(24)27)19(25)13-8-10-14(22)11-9-13/h4-11,18,25H,2-3,12H2,1H3/b19-17-. The van der Waals surface area contributed by atoms with E-state index in [1.54, 1.807) is 42.5 Å². The lowest BCUT2D eigenvalue weighted by Gasteiger charge is -2.25. The van der Waals surface area contributed by atoms with E-state index in [0.29, 0.717) is 18.5 Å². The third kappa shape index (κ3) is 3.67. The van der Waals surface area contributed by atoms with Gasteiger partial charge >= 0.3 is 0 Å². The van der Waals surface area contributed by atoms with Crippen LogP contribution in [0.2, 0.25) is 0 Å². The molecule has 3 rings (SSSR count). The quantitative estimate of drug-likeness (QED) is 0.419. The number of Topliss-reactive ketones (excluding diaryl/α,β-unsaturated/α-hetero) is 1. The van der Waals surface area contributed by atoms with Crippen molar-refractivity contribution in [3.05, 3.63) is 75.5 Å². The SMILES string of the molecule is CCCCN1C(=O)C(=O)/C(=C(\O)c2ccc(Br)cc2)C1c1ccccc1F. The van der Waals surface area contributed by atoms with E-state index in [1.165, 1.54) is 11.0 Å². The van der Waals surface area contributed by atoms with Crippen LogP contribution in [0.3, 0.4) is 0 Å². The molecule has 1 amide bonds. The molecule has 0 bridgehead atoms. The molecule has 0 saturated carbocycles. The zero-order valence-corrected chi connectivity index (χ0v) is 16.4. The lowest BCUT2D eigenvalue weighted by atomic mass is 9.95. The molecule has 1 aliphatic heterocycles. The minimum Gasteiger partial charge on any atom is -0.507 e. The maximum Gasteiger partial charge on any atom is 0.295 e. The van der Waals surface area contributed by atoms with Crippen LogP contribution in [-0.2, 0) is 9.59 Å². The molecular weight excluding hydrogens is 413 g/mol. The van der Waals surface area contributed by atoms with Crippen LogP contribution in [0.1, 0.15) is 36.9 Å². The number of hydrogen-bond donors (Lipinski definition) is 1. The summed E-state index contributed by atoms with van der Waals surface area (Å²) in [4.78, 5) is 26.7. The monoisotopic (exact) mass is 431 g/mol. The molecule has 2 aromatic carbocycles. The second kappa shape index (κ2) is 8.05. The highest BCUT2D eigenvalue weighted by Crippen LogP contribution is 2.40. The van der Waals surface area contributed by atoms with Crippen molar-refractivity contribution in [2.45, 2.75) is 25.8 Å². The number of ketones is 1. The number of halogens is 2. The first-order chi connectivity index (χ1) is 13.0. The summed E-state index contributed by atoms with van der Waals surface area (Å²) in [5.41, 5.74) is 0.517. The molecule has 1 heterocycles. The summed E-state index contributed by atoms with van der Waals surface area (Å²) in [6.45, 7) is 2.29. The Kier molecular flexibility index (Phi) is 5.75. The van der Waals surface area contributed by atoms with Gasteiger partial charge in [-0.1, -0.05) is 59.6 Å². The summed E-state index contributed by atoms with van der Waals surface area (Å²) in [5, 5.41) is 10.8. The van der Waals surface area contributed by atoms with E-state index in [9.17, 15) is 19.1 Å². The Morgan fingerprint density at radius 2 is 1.81 bits per heavy atom. The van der Waals surface area contributed by atoms with Gasteiger partial charge < -0.3 is 10.0 Å². The molecule has 1 aliphatic rings. The van der Waals surface area contributed by atoms with E-state index in [-0.39, 0.29) is 16.9 Å². The smallest absolute Gasteiger partial charge is 0.295 e. The Bertz CT molecular complexity index is 908. The molecule has 1 saturated heterocycles. The third-order valence-electron chi connectivity index (χ3n) is 4.61. The van der Waals surface area contributed by atoms with Crippen molar-refractivity contribution in [3.63, 3.8) is 0 Å². The van der Waals surface area contributed by atoms with Crippen molar-refractivity contribution in [2.24, 2.45) is 0 Å². The van der Waals surface area contributed by atoms with Gasteiger partial charge in [-0.25, -0.2) is 4.39 Å². The highest BCUT2D eigenvalue weighted by Gasteiger charge is 2.46. The summed E-state index contributed by atoms with van der Waals surface area (Å²) in [6, 6.07) is 11.8. The van der Waals surface area contributed by atoms with Gasteiger partial charge in [0.1, 0.15) is 11.6 Å².